The van der Waals surface area contributed by atoms with Crippen LogP contribution in [0, 0.1) is 10.1 Å². The molecule has 1 aromatic carbocycles. The zero-order valence-corrected chi connectivity index (χ0v) is 15.1. The van der Waals surface area contributed by atoms with Gasteiger partial charge in [-0.15, -0.1) is 0 Å². The van der Waals surface area contributed by atoms with Crippen LogP contribution in [0.3, 0.4) is 0 Å². The van der Waals surface area contributed by atoms with Crippen LogP contribution in [0.2, 0.25) is 0 Å². The number of hydrogen-bond acceptors (Lipinski definition) is 8. The van der Waals surface area contributed by atoms with Crippen molar-refractivity contribution in [2.45, 2.75) is 25.7 Å². The van der Waals surface area contributed by atoms with Crippen LogP contribution in [0.15, 0.2) is 10.7 Å². The molecule has 2 saturated heterocycles. The van der Waals surface area contributed by atoms with Gasteiger partial charge in [-0.05, 0) is 36.3 Å². The van der Waals surface area contributed by atoms with Crippen molar-refractivity contribution in [3.63, 3.8) is 0 Å². The Morgan fingerprint density at radius 1 is 0.923 bits per heavy atom. The van der Waals surface area contributed by atoms with Crippen molar-refractivity contribution in [3.05, 3.63) is 16.2 Å². The van der Waals surface area contributed by atoms with E-state index in [4.69, 9.17) is 4.63 Å². The van der Waals surface area contributed by atoms with Crippen LogP contribution in [0.4, 0.5) is 17.1 Å². The lowest BCUT2D eigenvalue weighted by Crippen LogP contribution is -2.44. The van der Waals surface area contributed by atoms with Crippen molar-refractivity contribution >= 4 is 28.1 Å². The topological polar surface area (TPSA) is 91.8 Å². The molecule has 0 amide bonds. The molecule has 1 aromatic heterocycles. The fourth-order valence-corrected chi connectivity index (χ4v) is 3.92. The number of hydrogen-bond donors (Lipinski definition) is 0. The number of piperazine rings is 1. The van der Waals surface area contributed by atoms with E-state index < -0.39 is 0 Å². The second kappa shape index (κ2) is 7.06. The van der Waals surface area contributed by atoms with Crippen molar-refractivity contribution in [1.29, 1.82) is 0 Å². The number of benzene rings is 1. The zero-order valence-electron chi connectivity index (χ0n) is 15.1. The normalized spacial score (nSPS) is 19.7. The van der Waals surface area contributed by atoms with E-state index in [1.165, 1.54) is 12.8 Å². The summed E-state index contributed by atoms with van der Waals surface area (Å²) >= 11 is 0. The van der Waals surface area contributed by atoms with Gasteiger partial charge in [-0.3, -0.25) is 10.1 Å². The van der Waals surface area contributed by atoms with E-state index in [0.717, 1.165) is 57.8 Å². The first kappa shape index (κ1) is 17.0. The van der Waals surface area contributed by atoms with E-state index in [-0.39, 0.29) is 16.1 Å². The fraction of sp³-hybridized carbons (Fsp3) is 0.647. The first-order chi connectivity index (χ1) is 12.6. The lowest BCUT2D eigenvalue weighted by Gasteiger charge is -2.34. The summed E-state index contributed by atoms with van der Waals surface area (Å²) in [5, 5.41) is 19.7. The van der Waals surface area contributed by atoms with E-state index in [9.17, 15) is 10.1 Å². The van der Waals surface area contributed by atoms with Crippen molar-refractivity contribution in [1.82, 2.24) is 15.2 Å². The largest absolute Gasteiger partial charge is 0.367 e. The third-order valence-corrected chi connectivity index (χ3v) is 5.44. The molecule has 26 heavy (non-hydrogen) atoms. The maximum absolute atomic E-state index is 11.8. The fourth-order valence-electron chi connectivity index (χ4n) is 3.92. The molecule has 3 heterocycles. The highest BCUT2D eigenvalue weighted by Gasteiger charge is 2.31. The second-order valence-corrected chi connectivity index (χ2v) is 7.17. The maximum Gasteiger partial charge on any atom is 0.323 e. The van der Waals surface area contributed by atoms with E-state index in [1.807, 2.05) is 6.07 Å². The van der Waals surface area contributed by atoms with Crippen molar-refractivity contribution in [2.24, 2.45) is 0 Å². The molecular formula is C17H24N6O3. The molecule has 0 bridgehead atoms. The number of rotatable bonds is 3. The van der Waals surface area contributed by atoms with Crippen LogP contribution in [-0.2, 0) is 0 Å². The minimum Gasteiger partial charge on any atom is -0.367 e. The molecule has 9 nitrogen and oxygen atoms in total. The smallest absolute Gasteiger partial charge is 0.323 e. The van der Waals surface area contributed by atoms with Crippen molar-refractivity contribution in [3.8, 4) is 0 Å². The molecule has 9 heteroatoms. The predicted molar refractivity (Wildman–Crippen MR) is 98.8 cm³/mol. The third-order valence-electron chi connectivity index (χ3n) is 5.44. The Hall–Kier alpha value is -2.42. The van der Waals surface area contributed by atoms with E-state index in [0.29, 0.717) is 11.2 Å². The van der Waals surface area contributed by atoms with Gasteiger partial charge in [0.15, 0.2) is 5.52 Å². The average Bonchev–Trinajstić information content (AvgIpc) is 2.95. The van der Waals surface area contributed by atoms with E-state index in [2.05, 4.69) is 32.1 Å². The lowest BCUT2D eigenvalue weighted by atomic mass is 10.1. The highest BCUT2D eigenvalue weighted by Crippen LogP contribution is 2.41. The molecule has 140 valence electrons. The molecule has 4 rings (SSSR count). The molecule has 0 spiro atoms. The molecular weight excluding hydrogens is 336 g/mol. The Labute approximate surface area is 151 Å². The first-order valence-electron chi connectivity index (χ1n) is 9.27. The number of nitro groups is 1. The molecule has 0 N–H and O–H groups in total. The predicted octanol–water partition coefficient (Wildman–Crippen LogP) is 2.26. The lowest BCUT2D eigenvalue weighted by molar-refractivity contribution is -0.382. The van der Waals surface area contributed by atoms with E-state index in [1.54, 1.807) is 0 Å². The standard InChI is InChI=1S/C17H24N6O3/c1-20-8-10-22(11-9-20)13-12-14(21-6-4-2-3-5-7-21)17(23(24)25)16-15(13)18-26-19-16/h12H,2-11H2,1H3. The Balaban J connectivity index is 1.83. The van der Waals surface area contributed by atoms with Gasteiger partial charge in [-0.2, -0.15) is 0 Å². The Morgan fingerprint density at radius 3 is 2.19 bits per heavy atom. The molecule has 2 aliphatic rings. The summed E-state index contributed by atoms with van der Waals surface area (Å²) in [5.41, 5.74) is 2.29. The summed E-state index contributed by atoms with van der Waals surface area (Å²) in [6.07, 6.45) is 4.44. The third kappa shape index (κ3) is 3.07. The number of fused-ring (bicyclic) bond motifs is 1. The Kier molecular flexibility index (Phi) is 4.62. The van der Waals surface area contributed by atoms with Gasteiger partial charge in [0.25, 0.3) is 0 Å². The second-order valence-electron chi connectivity index (χ2n) is 7.17. The average molecular weight is 360 g/mol. The summed E-state index contributed by atoms with van der Waals surface area (Å²) in [7, 11) is 2.10. The van der Waals surface area contributed by atoms with Gasteiger partial charge < -0.3 is 14.7 Å². The molecule has 0 unspecified atom stereocenters. The van der Waals surface area contributed by atoms with Crippen LogP contribution in [0.5, 0.6) is 0 Å². The molecule has 0 radical (unpaired) electrons. The van der Waals surface area contributed by atoms with Gasteiger partial charge in [0.05, 0.1) is 10.6 Å². The first-order valence-corrected chi connectivity index (χ1v) is 9.27. The molecule has 0 aliphatic carbocycles. The summed E-state index contributed by atoms with van der Waals surface area (Å²) in [4.78, 5) is 18.1. The molecule has 0 atom stereocenters. The van der Waals surface area contributed by atoms with Gasteiger partial charge >= 0.3 is 5.69 Å². The van der Waals surface area contributed by atoms with Gasteiger partial charge in [-0.1, -0.05) is 12.8 Å². The van der Waals surface area contributed by atoms with Crippen molar-refractivity contribution < 1.29 is 9.55 Å². The quantitative estimate of drug-likeness (QED) is 0.608. The summed E-state index contributed by atoms with van der Waals surface area (Å²) in [6.45, 7) is 5.27. The van der Waals surface area contributed by atoms with Gasteiger partial charge in [-0.25, -0.2) is 4.63 Å². The maximum atomic E-state index is 11.8. The minimum absolute atomic E-state index is 0.0148. The van der Waals surface area contributed by atoms with Crippen LogP contribution in [0.1, 0.15) is 25.7 Å². The number of aromatic nitrogens is 2. The van der Waals surface area contributed by atoms with Crippen LogP contribution in [0.25, 0.3) is 11.0 Å². The number of likely N-dealkylation sites (N-methyl/N-ethyl adjacent to an activating group) is 1. The van der Waals surface area contributed by atoms with Crippen LogP contribution < -0.4 is 9.80 Å². The molecule has 2 aromatic rings. The molecule has 2 aliphatic heterocycles. The van der Waals surface area contributed by atoms with Crippen LogP contribution in [-0.4, -0.2) is 66.5 Å². The monoisotopic (exact) mass is 360 g/mol. The Morgan fingerprint density at radius 2 is 1.54 bits per heavy atom. The van der Waals surface area contributed by atoms with Crippen molar-refractivity contribution in [2.75, 3.05) is 56.1 Å². The van der Waals surface area contributed by atoms with Gasteiger partial charge in [0, 0.05) is 39.3 Å². The number of nitrogens with zero attached hydrogens (tertiary/aromatic N) is 6. The SMILES string of the molecule is CN1CCN(c2cc(N3CCCCCC3)c([N+](=O)[O-])c3nonc23)CC1. The van der Waals surface area contributed by atoms with Gasteiger partial charge in [0.1, 0.15) is 5.69 Å². The van der Waals surface area contributed by atoms with Gasteiger partial charge in [0.2, 0.25) is 5.52 Å². The summed E-state index contributed by atoms with van der Waals surface area (Å²) in [5.74, 6) is 0. The van der Waals surface area contributed by atoms with Crippen LogP contribution >= 0.6 is 0 Å². The molecule has 0 saturated carbocycles. The van der Waals surface area contributed by atoms with E-state index >= 15 is 0 Å². The minimum atomic E-state index is -0.347. The Bertz CT molecular complexity index is 791. The summed E-state index contributed by atoms with van der Waals surface area (Å²) in [6, 6.07) is 1.93. The highest BCUT2D eigenvalue weighted by molar-refractivity contribution is 6.00. The number of anilines is 2. The summed E-state index contributed by atoms with van der Waals surface area (Å²) < 4.78 is 4.92. The highest BCUT2D eigenvalue weighted by atomic mass is 16.6. The molecule has 2 fully saturated rings. The number of nitro benzene ring substituents is 1. The zero-order chi connectivity index (χ0) is 18.1.